The van der Waals surface area contributed by atoms with Gasteiger partial charge in [-0.25, -0.2) is 9.59 Å². The molecule has 0 aromatic carbocycles. The van der Waals surface area contributed by atoms with Gasteiger partial charge in [-0.15, -0.1) is 0 Å². The van der Waals surface area contributed by atoms with Crippen LogP contribution in [0.2, 0.25) is 0 Å². The van der Waals surface area contributed by atoms with Crippen molar-refractivity contribution in [1.29, 1.82) is 0 Å². The van der Waals surface area contributed by atoms with Gasteiger partial charge in [-0.05, 0) is 30.6 Å². The Morgan fingerprint density at radius 1 is 0.864 bits per heavy atom. The SMILES string of the molecule is C/C(C(=O)OCC(C)C)=C(\CC(C)(C)C)C(=O)OCC(C)C. The summed E-state index contributed by atoms with van der Waals surface area (Å²) < 4.78 is 10.5. The molecule has 0 radical (unpaired) electrons. The molecule has 0 rings (SSSR count). The fourth-order valence-corrected chi connectivity index (χ4v) is 1.69. The molecule has 4 heteroatoms. The van der Waals surface area contributed by atoms with Crippen molar-refractivity contribution in [3.8, 4) is 0 Å². The Hall–Kier alpha value is -1.32. The van der Waals surface area contributed by atoms with E-state index in [9.17, 15) is 9.59 Å². The molecule has 0 saturated heterocycles. The molecule has 0 saturated carbocycles. The van der Waals surface area contributed by atoms with Crippen LogP contribution in [0.25, 0.3) is 0 Å². The second kappa shape index (κ2) is 8.96. The molecule has 22 heavy (non-hydrogen) atoms. The highest BCUT2D eigenvalue weighted by Gasteiger charge is 2.25. The highest BCUT2D eigenvalue weighted by atomic mass is 16.5. The third-order valence-electron chi connectivity index (χ3n) is 2.81. The summed E-state index contributed by atoms with van der Waals surface area (Å²) in [6.07, 6.45) is 0.479. The molecule has 0 aliphatic carbocycles. The summed E-state index contributed by atoms with van der Waals surface area (Å²) in [4.78, 5) is 24.5. The van der Waals surface area contributed by atoms with Crippen LogP contribution in [-0.4, -0.2) is 25.2 Å². The molecular weight excluding hydrogens is 280 g/mol. The Bertz CT molecular complexity index is 411. The fraction of sp³-hybridized carbons (Fsp3) is 0.778. The molecular formula is C18H32O4. The molecule has 0 heterocycles. The van der Waals surface area contributed by atoms with Crippen molar-refractivity contribution in [2.75, 3.05) is 13.2 Å². The zero-order valence-corrected chi connectivity index (χ0v) is 15.4. The minimum Gasteiger partial charge on any atom is -0.462 e. The topological polar surface area (TPSA) is 52.6 Å². The van der Waals surface area contributed by atoms with Gasteiger partial charge in [-0.2, -0.15) is 0 Å². The third kappa shape index (κ3) is 8.85. The molecule has 0 aromatic heterocycles. The van der Waals surface area contributed by atoms with Crippen LogP contribution in [0.1, 0.15) is 61.8 Å². The Labute approximate surface area is 135 Å². The van der Waals surface area contributed by atoms with Crippen LogP contribution in [0, 0.1) is 17.3 Å². The maximum absolute atomic E-state index is 12.3. The second-order valence-corrected chi connectivity index (χ2v) is 7.83. The standard InChI is InChI=1S/C18H32O4/c1-12(2)10-21-16(19)14(5)15(9-18(6,7)8)17(20)22-11-13(3)4/h12-13H,9-11H2,1-8H3/b15-14-. The first kappa shape index (κ1) is 20.7. The summed E-state index contributed by atoms with van der Waals surface area (Å²) in [5, 5.41) is 0. The highest BCUT2D eigenvalue weighted by Crippen LogP contribution is 2.27. The van der Waals surface area contributed by atoms with Crippen molar-refractivity contribution >= 4 is 11.9 Å². The smallest absolute Gasteiger partial charge is 0.334 e. The van der Waals surface area contributed by atoms with Gasteiger partial charge in [0, 0.05) is 11.1 Å². The van der Waals surface area contributed by atoms with Crippen molar-refractivity contribution < 1.29 is 19.1 Å². The number of hydrogen-bond donors (Lipinski definition) is 0. The van der Waals surface area contributed by atoms with Gasteiger partial charge in [0.15, 0.2) is 0 Å². The third-order valence-corrected chi connectivity index (χ3v) is 2.81. The van der Waals surface area contributed by atoms with Crippen LogP contribution < -0.4 is 0 Å². The lowest BCUT2D eigenvalue weighted by atomic mass is 9.86. The normalized spacial score (nSPS) is 13.2. The minimum atomic E-state index is -0.436. The van der Waals surface area contributed by atoms with Gasteiger partial charge in [0.2, 0.25) is 0 Å². The number of ether oxygens (including phenoxy) is 2. The van der Waals surface area contributed by atoms with E-state index in [1.807, 2.05) is 48.5 Å². The predicted molar refractivity (Wildman–Crippen MR) is 88.4 cm³/mol. The Morgan fingerprint density at radius 3 is 1.64 bits per heavy atom. The Kier molecular flexibility index (Phi) is 8.43. The molecule has 128 valence electrons. The van der Waals surface area contributed by atoms with Gasteiger partial charge < -0.3 is 9.47 Å². The molecule has 0 aliphatic rings. The Balaban J connectivity index is 5.22. The van der Waals surface area contributed by atoms with Crippen LogP contribution >= 0.6 is 0 Å². The average Bonchev–Trinajstić information content (AvgIpc) is 2.37. The summed E-state index contributed by atoms with van der Waals surface area (Å²) >= 11 is 0. The number of carbonyl (C=O) groups excluding carboxylic acids is 2. The van der Waals surface area contributed by atoms with Gasteiger partial charge in [0.1, 0.15) is 0 Å². The van der Waals surface area contributed by atoms with Gasteiger partial charge in [0.25, 0.3) is 0 Å². The Morgan fingerprint density at radius 2 is 1.27 bits per heavy atom. The second-order valence-electron chi connectivity index (χ2n) is 7.83. The van der Waals surface area contributed by atoms with E-state index in [2.05, 4.69) is 0 Å². The van der Waals surface area contributed by atoms with Crippen molar-refractivity contribution in [3.63, 3.8) is 0 Å². The first-order valence-corrected chi connectivity index (χ1v) is 7.98. The largest absolute Gasteiger partial charge is 0.462 e. The summed E-state index contributed by atoms with van der Waals surface area (Å²) in [5.41, 5.74) is 0.650. The molecule has 0 aromatic rings. The van der Waals surface area contributed by atoms with E-state index in [1.54, 1.807) is 6.92 Å². The van der Waals surface area contributed by atoms with Crippen molar-refractivity contribution in [1.82, 2.24) is 0 Å². The minimum absolute atomic E-state index is 0.119. The number of hydrogen-bond acceptors (Lipinski definition) is 4. The van der Waals surface area contributed by atoms with E-state index in [4.69, 9.17) is 9.47 Å². The quantitative estimate of drug-likeness (QED) is 0.524. The molecule has 0 amide bonds. The van der Waals surface area contributed by atoms with Crippen molar-refractivity contribution in [3.05, 3.63) is 11.1 Å². The first-order chi connectivity index (χ1) is 9.94. The van der Waals surface area contributed by atoms with E-state index in [-0.39, 0.29) is 17.3 Å². The summed E-state index contributed by atoms with van der Waals surface area (Å²) in [6, 6.07) is 0. The summed E-state index contributed by atoms with van der Waals surface area (Å²) in [7, 11) is 0. The van der Waals surface area contributed by atoms with Crippen molar-refractivity contribution in [2.45, 2.75) is 61.8 Å². The zero-order valence-electron chi connectivity index (χ0n) is 15.4. The highest BCUT2D eigenvalue weighted by molar-refractivity contribution is 6.00. The van der Waals surface area contributed by atoms with Crippen LogP contribution in [-0.2, 0) is 19.1 Å². The molecule has 0 bridgehead atoms. The van der Waals surface area contributed by atoms with Gasteiger partial charge >= 0.3 is 11.9 Å². The zero-order chi connectivity index (χ0) is 17.5. The van der Waals surface area contributed by atoms with Gasteiger partial charge in [-0.1, -0.05) is 48.5 Å². The predicted octanol–water partition coefficient (Wildman–Crippen LogP) is 4.14. The van der Waals surface area contributed by atoms with Crippen molar-refractivity contribution in [2.24, 2.45) is 17.3 Å². The average molecular weight is 312 g/mol. The first-order valence-electron chi connectivity index (χ1n) is 7.98. The molecule has 4 nitrogen and oxygen atoms in total. The molecule has 0 fully saturated rings. The molecule has 0 atom stereocenters. The van der Waals surface area contributed by atoms with E-state index >= 15 is 0 Å². The molecule has 0 spiro atoms. The van der Waals surface area contributed by atoms with E-state index < -0.39 is 11.9 Å². The van der Waals surface area contributed by atoms with Crippen LogP contribution in [0.3, 0.4) is 0 Å². The lowest BCUT2D eigenvalue weighted by Gasteiger charge is -2.21. The molecule has 0 unspecified atom stereocenters. The van der Waals surface area contributed by atoms with Crippen LogP contribution in [0.4, 0.5) is 0 Å². The number of rotatable bonds is 7. The lowest BCUT2D eigenvalue weighted by Crippen LogP contribution is -2.21. The van der Waals surface area contributed by atoms with Gasteiger partial charge in [-0.3, -0.25) is 0 Å². The summed E-state index contributed by atoms with van der Waals surface area (Å²) in [6.45, 7) is 16.3. The molecule has 0 N–H and O–H groups in total. The van der Waals surface area contributed by atoms with E-state index in [1.165, 1.54) is 0 Å². The maximum atomic E-state index is 12.3. The fourth-order valence-electron chi connectivity index (χ4n) is 1.69. The monoisotopic (exact) mass is 312 g/mol. The van der Waals surface area contributed by atoms with E-state index in [0.29, 0.717) is 30.8 Å². The van der Waals surface area contributed by atoms with E-state index in [0.717, 1.165) is 0 Å². The van der Waals surface area contributed by atoms with Crippen LogP contribution in [0.15, 0.2) is 11.1 Å². The summed E-state index contributed by atoms with van der Waals surface area (Å²) in [5.74, 6) is -0.333. The lowest BCUT2D eigenvalue weighted by molar-refractivity contribution is -0.143. The van der Waals surface area contributed by atoms with Gasteiger partial charge in [0.05, 0.1) is 13.2 Å². The van der Waals surface area contributed by atoms with Crippen LogP contribution in [0.5, 0.6) is 0 Å². The number of esters is 2. The number of carbonyl (C=O) groups is 2. The molecule has 0 aliphatic heterocycles. The maximum Gasteiger partial charge on any atom is 0.334 e.